The normalized spacial score (nSPS) is 12.0. The minimum atomic E-state index is -0.927. The minimum Gasteiger partial charge on any atom is -0.497 e. The van der Waals surface area contributed by atoms with Crippen LogP contribution in [-0.4, -0.2) is 28.4 Å². The molecule has 7 heteroatoms. The van der Waals surface area contributed by atoms with Gasteiger partial charge in [-0.1, -0.05) is 35.5 Å². The van der Waals surface area contributed by atoms with Crippen LogP contribution in [0.4, 0.5) is 0 Å². The molecule has 1 unspecified atom stereocenters. The summed E-state index contributed by atoms with van der Waals surface area (Å²) in [6.45, 7) is 1.59. The lowest BCUT2D eigenvalue weighted by Gasteiger charge is -2.03. The Balaban J connectivity index is 2.07. The topological polar surface area (TPSA) is 72.6 Å². The Morgan fingerprint density at radius 3 is 2.58 bits per heavy atom. The molecular formula is C19H16ClNO4S. The lowest BCUT2D eigenvalue weighted by molar-refractivity contribution is -0.136. The molecule has 3 rings (SSSR count). The average Bonchev–Trinajstić information content (AvgIpc) is 3.05. The van der Waals surface area contributed by atoms with Gasteiger partial charge in [0.1, 0.15) is 16.7 Å². The first-order chi connectivity index (χ1) is 12.5. The molecule has 26 heavy (non-hydrogen) atoms. The summed E-state index contributed by atoms with van der Waals surface area (Å²) in [6, 6.07) is 14.7. The zero-order chi connectivity index (χ0) is 18.7. The van der Waals surface area contributed by atoms with Crippen molar-refractivity contribution in [3.63, 3.8) is 0 Å². The van der Waals surface area contributed by atoms with Crippen molar-refractivity contribution in [2.24, 2.45) is 0 Å². The van der Waals surface area contributed by atoms with Crippen molar-refractivity contribution in [1.82, 2.24) is 4.98 Å². The number of rotatable bonds is 6. The van der Waals surface area contributed by atoms with Crippen LogP contribution in [0.25, 0.3) is 22.6 Å². The molecule has 0 radical (unpaired) electrons. The van der Waals surface area contributed by atoms with Gasteiger partial charge in [0.05, 0.1) is 7.11 Å². The first-order valence-corrected chi connectivity index (χ1v) is 9.04. The van der Waals surface area contributed by atoms with E-state index in [0.29, 0.717) is 21.7 Å². The van der Waals surface area contributed by atoms with Crippen molar-refractivity contribution in [3.8, 4) is 28.3 Å². The van der Waals surface area contributed by atoms with Crippen molar-refractivity contribution >= 4 is 29.3 Å². The van der Waals surface area contributed by atoms with E-state index < -0.39 is 11.2 Å². The number of methoxy groups -OCH3 is 1. The molecule has 1 aromatic heterocycles. The van der Waals surface area contributed by atoms with Gasteiger partial charge in [-0.15, -0.1) is 0 Å². The molecule has 0 aliphatic carbocycles. The number of hydrogen-bond acceptors (Lipinski definition) is 5. The van der Waals surface area contributed by atoms with Crippen LogP contribution in [0.2, 0.25) is 5.02 Å². The van der Waals surface area contributed by atoms with Crippen molar-refractivity contribution in [1.29, 1.82) is 0 Å². The molecule has 2 aromatic carbocycles. The molecule has 1 heterocycles. The van der Waals surface area contributed by atoms with E-state index in [2.05, 4.69) is 4.98 Å². The van der Waals surface area contributed by atoms with Crippen LogP contribution < -0.4 is 4.74 Å². The standard InChI is InChI=1S/C19H16ClNO4S/c1-11(18(22)23)26-19-21-16(12-6-8-15(24-2)9-7-12)17(25-19)13-4-3-5-14(20)10-13/h3-11H,1-2H3,(H,22,23). The van der Waals surface area contributed by atoms with E-state index >= 15 is 0 Å². The number of carbonyl (C=O) groups is 1. The summed E-state index contributed by atoms with van der Waals surface area (Å²) in [5, 5.41) is 9.32. The third kappa shape index (κ3) is 4.03. The number of hydrogen-bond donors (Lipinski definition) is 1. The number of carboxylic acids is 1. The number of nitrogens with zero attached hydrogens (tertiary/aromatic N) is 1. The zero-order valence-corrected chi connectivity index (χ0v) is 15.7. The molecule has 5 nitrogen and oxygen atoms in total. The molecule has 0 saturated heterocycles. The molecule has 0 saturated carbocycles. The number of oxazole rings is 1. The Labute approximate surface area is 160 Å². The summed E-state index contributed by atoms with van der Waals surface area (Å²) in [7, 11) is 1.60. The fourth-order valence-electron chi connectivity index (χ4n) is 2.32. The van der Waals surface area contributed by atoms with Crippen LogP contribution in [0.1, 0.15) is 6.92 Å². The molecule has 1 atom stereocenters. The number of aliphatic carboxylic acids is 1. The van der Waals surface area contributed by atoms with Gasteiger partial charge in [-0.05, 0) is 43.3 Å². The zero-order valence-electron chi connectivity index (χ0n) is 14.1. The second-order valence-corrected chi connectivity index (χ2v) is 7.22. The first-order valence-electron chi connectivity index (χ1n) is 7.78. The van der Waals surface area contributed by atoms with E-state index in [1.54, 1.807) is 26.2 Å². The molecule has 0 spiro atoms. The van der Waals surface area contributed by atoms with Gasteiger partial charge in [-0.3, -0.25) is 4.79 Å². The predicted octanol–water partition coefficient (Wildman–Crippen LogP) is 5.24. The highest BCUT2D eigenvalue weighted by atomic mass is 35.5. The molecule has 0 aliphatic heterocycles. The summed E-state index contributed by atoms with van der Waals surface area (Å²) >= 11 is 7.16. The van der Waals surface area contributed by atoms with Gasteiger partial charge in [-0.25, -0.2) is 4.98 Å². The van der Waals surface area contributed by atoms with Gasteiger partial charge in [0.2, 0.25) is 0 Å². The summed E-state index contributed by atoms with van der Waals surface area (Å²) in [5.74, 6) is 0.344. The van der Waals surface area contributed by atoms with Crippen molar-refractivity contribution in [2.45, 2.75) is 17.4 Å². The monoisotopic (exact) mass is 389 g/mol. The van der Waals surface area contributed by atoms with Crippen molar-refractivity contribution in [3.05, 3.63) is 53.6 Å². The highest BCUT2D eigenvalue weighted by Gasteiger charge is 2.21. The van der Waals surface area contributed by atoms with Crippen LogP contribution in [0, 0.1) is 0 Å². The largest absolute Gasteiger partial charge is 0.497 e. The van der Waals surface area contributed by atoms with Gasteiger partial charge in [0, 0.05) is 16.1 Å². The van der Waals surface area contributed by atoms with Gasteiger partial charge >= 0.3 is 5.97 Å². The van der Waals surface area contributed by atoms with E-state index in [0.717, 1.165) is 28.6 Å². The molecule has 3 aromatic rings. The summed E-state index contributed by atoms with van der Waals surface area (Å²) in [6.07, 6.45) is 0. The fraction of sp³-hybridized carbons (Fsp3) is 0.158. The van der Waals surface area contributed by atoms with Crippen LogP contribution in [0.5, 0.6) is 5.75 Å². The van der Waals surface area contributed by atoms with E-state index in [1.165, 1.54) is 0 Å². The number of benzene rings is 2. The van der Waals surface area contributed by atoms with Crippen molar-refractivity contribution in [2.75, 3.05) is 7.11 Å². The molecule has 0 aliphatic rings. The number of halogens is 1. The predicted molar refractivity (Wildman–Crippen MR) is 102 cm³/mol. The lowest BCUT2D eigenvalue weighted by atomic mass is 10.1. The third-order valence-electron chi connectivity index (χ3n) is 3.68. The van der Waals surface area contributed by atoms with Crippen LogP contribution in [0.15, 0.2) is 58.2 Å². The molecule has 0 amide bonds. The Bertz CT molecular complexity index is 924. The van der Waals surface area contributed by atoms with Gasteiger partial charge in [0.15, 0.2) is 5.76 Å². The van der Waals surface area contributed by atoms with Crippen LogP contribution >= 0.6 is 23.4 Å². The van der Waals surface area contributed by atoms with Crippen LogP contribution in [0.3, 0.4) is 0 Å². The molecular weight excluding hydrogens is 374 g/mol. The number of aromatic nitrogens is 1. The van der Waals surface area contributed by atoms with E-state index in [4.69, 9.17) is 25.9 Å². The third-order valence-corrected chi connectivity index (χ3v) is 4.85. The SMILES string of the molecule is COc1ccc(-c2nc(SC(C)C(=O)O)oc2-c2cccc(Cl)c2)cc1. The number of thioether (sulfide) groups is 1. The maximum Gasteiger partial charge on any atom is 0.316 e. The molecule has 134 valence electrons. The Hall–Kier alpha value is -2.44. The Kier molecular flexibility index (Phi) is 5.54. The van der Waals surface area contributed by atoms with E-state index in [-0.39, 0.29) is 0 Å². The molecule has 0 fully saturated rings. The van der Waals surface area contributed by atoms with Crippen LogP contribution in [-0.2, 0) is 4.79 Å². The second-order valence-electron chi connectivity index (χ2n) is 5.49. The fourth-order valence-corrected chi connectivity index (χ4v) is 3.19. The van der Waals surface area contributed by atoms with Gasteiger partial charge in [-0.2, -0.15) is 0 Å². The first kappa shape index (κ1) is 18.4. The van der Waals surface area contributed by atoms with Gasteiger partial charge in [0.25, 0.3) is 5.22 Å². The molecule has 1 N–H and O–H groups in total. The summed E-state index contributed by atoms with van der Waals surface area (Å²) < 4.78 is 11.1. The molecule has 0 bridgehead atoms. The number of ether oxygens (including phenoxy) is 1. The quantitative estimate of drug-likeness (QED) is 0.581. The highest BCUT2D eigenvalue weighted by Crippen LogP contribution is 2.37. The minimum absolute atomic E-state index is 0.292. The Morgan fingerprint density at radius 1 is 1.23 bits per heavy atom. The van der Waals surface area contributed by atoms with E-state index in [9.17, 15) is 4.79 Å². The average molecular weight is 390 g/mol. The number of carboxylic acid groups (broad SMARTS) is 1. The summed E-state index contributed by atoms with van der Waals surface area (Å²) in [5.41, 5.74) is 2.22. The maximum atomic E-state index is 11.1. The van der Waals surface area contributed by atoms with Gasteiger partial charge < -0.3 is 14.3 Å². The Morgan fingerprint density at radius 2 is 1.96 bits per heavy atom. The van der Waals surface area contributed by atoms with E-state index in [1.807, 2.05) is 36.4 Å². The summed E-state index contributed by atoms with van der Waals surface area (Å²) in [4.78, 5) is 15.6. The van der Waals surface area contributed by atoms with Crippen molar-refractivity contribution < 1.29 is 19.1 Å². The smallest absolute Gasteiger partial charge is 0.316 e. The highest BCUT2D eigenvalue weighted by molar-refractivity contribution is 8.00. The lowest BCUT2D eigenvalue weighted by Crippen LogP contribution is -2.10. The second kappa shape index (κ2) is 7.85. The maximum absolute atomic E-state index is 11.1.